The largest absolute Gasteiger partial charge is 0.477 e. The van der Waals surface area contributed by atoms with Gasteiger partial charge in [0.05, 0.1) is 12.1 Å². The van der Waals surface area contributed by atoms with Crippen molar-refractivity contribution in [2.75, 3.05) is 6.61 Å². The Morgan fingerprint density at radius 3 is 2.71 bits per heavy atom. The molecule has 0 aliphatic carbocycles. The summed E-state index contributed by atoms with van der Waals surface area (Å²) in [6, 6.07) is 15.7. The van der Waals surface area contributed by atoms with E-state index < -0.39 is 0 Å². The van der Waals surface area contributed by atoms with Crippen LogP contribution in [0.3, 0.4) is 0 Å². The van der Waals surface area contributed by atoms with E-state index in [1.54, 1.807) is 6.20 Å². The predicted molar refractivity (Wildman–Crippen MR) is 84.7 cm³/mol. The van der Waals surface area contributed by atoms with E-state index >= 15 is 0 Å². The highest BCUT2D eigenvalue weighted by Crippen LogP contribution is 2.23. The third kappa shape index (κ3) is 3.31. The molecule has 0 N–H and O–H groups in total. The summed E-state index contributed by atoms with van der Waals surface area (Å²) in [5, 5.41) is 1.07. The van der Waals surface area contributed by atoms with Crippen LogP contribution in [0.4, 0.5) is 0 Å². The average molecular weight is 299 g/mol. The van der Waals surface area contributed by atoms with Gasteiger partial charge in [0.1, 0.15) is 0 Å². The fourth-order valence-corrected chi connectivity index (χ4v) is 2.43. The van der Waals surface area contributed by atoms with Crippen molar-refractivity contribution in [1.29, 1.82) is 0 Å². The molecular formula is C17H15ClN2O. The van der Waals surface area contributed by atoms with Crippen LogP contribution in [0.25, 0.3) is 10.9 Å². The number of hydrogen-bond donors (Lipinski definition) is 0. The molecule has 0 atom stereocenters. The van der Waals surface area contributed by atoms with Crippen molar-refractivity contribution in [1.82, 2.24) is 9.97 Å². The molecule has 3 rings (SSSR count). The number of halogens is 1. The van der Waals surface area contributed by atoms with E-state index in [1.165, 1.54) is 0 Å². The first kappa shape index (κ1) is 13.8. The highest BCUT2D eigenvalue weighted by Gasteiger charge is 2.05. The zero-order valence-electron chi connectivity index (χ0n) is 11.5. The topological polar surface area (TPSA) is 35.0 Å². The first-order valence-corrected chi connectivity index (χ1v) is 7.37. The van der Waals surface area contributed by atoms with Crippen molar-refractivity contribution in [2.24, 2.45) is 0 Å². The van der Waals surface area contributed by atoms with Crippen LogP contribution in [-0.2, 0) is 12.3 Å². The first-order chi connectivity index (χ1) is 10.4. The molecule has 0 bridgehead atoms. The molecule has 2 heterocycles. The number of rotatable bonds is 5. The van der Waals surface area contributed by atoms with Crippen LogP contribution < -0.4 is 4.74 Å². The van der Waals surface area contributed by atoms with Gasteiger partial charge in [0.2, 0.25) is 5.88 Å². The molecule has 4 heteroatoms. The maximum atomic E-state index is 6.01. The molecule has 0 spiro atoms. The second kappa shape index (κ2) is 6.55. The molecule has 0 unspecified atom stereocenters. The third-order valence-corrected chi connectivity index (χ3v) is 3.54. The minimum Gasteiger partial charge on any atom is -0.477 e. The quantitative estimate of drug-likeness (QED) is 0.668. The zero-order valence-corrected chi connectivity index (χ0v) is 12.3. The van der Waals surface area contributed by atoms with Crippen molar-refractivity contribution < 1.29 is 4.74 Å². The lowest BCUT2D eigenvalue weighted by atomic mass is 10.1. The molecule has 3 nitrogen and oxygen atoms in total. The predicted octanol–water partition coefficient (Wildman–Crippen LogP) is 3.99. The van der Waals surface area contributed by atoms with E-state index in [1.807, 2.05) is 48.5 Å². The maximum absolute atomic E-state index is 6.01. The Hall–Kier alpha value is -2.13. The molecule has 0 fully saturated rings. The van der Waals surface area contributed by atoms with Crippen molar-refractivity contribution in [2.45, 2.75) is 12.3 Å². The lowest BCUT2D eigenvalue weighted by Gasteiger charge is -2.09. The Bertz CT molecular complexity index is 731. The summed E-state index contributed by atoms with van der Waals surface area (Å²) in [5.41, 5.74) is 2.95. The monoisotopic (exact) mass is 298 g/mol. The van der Waals surface area contributed by atoms with Gasteiger partial charge in [-0.05, 0) is 23.8 Å². The molecule has 2 aromatic heterocycles. The van der Waals surface area contributed by atoms with Crippen molar-refractivity contribution in [3.05, 3.63) is 66.0 Å². The van der Waals surface area contributed by atoms with Gasteiger partial charge in [0, 0.05) is 35.6 Å². The van der Waals surface area contributed by atoms with Crippen LogP contribution in [0, 0.1) is 0 Å². The van der Waals surface area contributed by atoms with E-state index in [9.17, 15) is 0 Å². The zero-order chi connectivity index (χ0) is 14.5. The second-order valence-corrected chi connectivity index (χ2v) is 4.96. The Labute approximate surface area is 128 Å². The molecular weight excluding hydrogens is 284 g/mol. The first-order valence-electron chi connectivity index (χ1n) is 6.84. The minimum atomic E-state index is 0.444. The fraction of sp³-hybridized carbons (Fsp3) is 0.176. The normalized spacial score (nSPS) is 10.7. The average Bonchev–Trinajstić information content (AvgIpc) is 2.55. The van der Waals surface area contributed by atoms with Crippen molar-refractivity contribution >= 4 is 22.5 Å². The third-order valence-electron chi connectivity index (χ3n) is 3.26. The number of fused-ring (bicyclic) bond motifs is 1. The summed E-state index contributed by atoms with van der Waals surface area (Å²) in [4.78, 5) is 8.79. The van der Waals surface area contributed by atoms with Crippen LogP contribution in [-0.4, -0.2) is 16.6 Å². The van der Waals surface area contributed by atoms with Crippen LogP contribution in [0.2, 0.25) is 0 Å². The van der Waals surface area contributed by atoms with Gasteiger partial charge in [0.15, 0.2) is 0 Å². The number of ether oxygens (including phenoxy) is 1. The molecule has 0 aliphatic heterocycles. The van der Waals surface area contributed by atoms with Crippen LogP contribution in [0.1, 0.15) is 11.3 Å². The number of nitrogens with zero attached hydrogens (tertiary/aromatic N) is 2. The van der Waals surface area contributed by atoms with E-state index in [4.69, 9.17) is 16.3 Å². The molecule has 106 valence electrons. The molecule has 0 saturated heterocycles. The van der Waals surface area contributed by atoms with E-state index in [-0.39, 0.29) is 0 Å². The number of benzene rings is 1. The summed E-state index contributed by atoms with van der Waals surface area (Å²) < 4.78 is 5.75. The Balaban J connectivity index is 1.75. The summed E-state index contributed by atoms with van der Waals surface area (Å²) in [6.45, 7) is 0.546. The lowest BCUT2D eigenvalue weighted by Crippen LogP contribution is -2.04. The summed E-state index contributed by atoms with van der Waals surface area (Å²) >= 11 is 6.01. The number of aromatic nitrogens is 2. The van der Waals surface area contributed by atoms with Crippen LogP contribution in [0.5, 0.6) is 5.88 Å². The molecule has 0 saturated carbocycles. The van der Waals surface area contributed by atoms with E-state index in [0.717, 1.165) is 28.6 Å². The van der Waals surface area contributed by atoms with Gasteiger partial charge in [-0.15, -0.1) is 11.6 Å². The highest BCUT2D eigenvalue weighted by atomic mass is 35.5. The standard InChI is InChI=1S/C17H15ClN2O/c18-12-13-11-17(20-16-7-2-1-6-15(13)16)21-10-8-14-5-3-4-9-19-14/h1-7,9,11H,8,10,12H2. The van der Waals surface area contributed by atoms with Crippen molar-refractivity contribution in [3.63, 3.8) is 0 Å². The second-order valence-electron chi connectivity index (χ2n) is 4.69. The number of para-hydroxylation sites is 1. The number of alkyl halides is 1. The maximum Gasteiger partial charge on any atom is 0.214 e. The van der Waals surface area contributed by atoms with Gasteiger partial charge in [-0.2, -0.15) is 0 Å². The summed E-state index contributed by atoms with van der Waals surface area (Å²) in [6.07, 6.45) is 2.54. The Morgan fingerprint density at radius 2 is 1.90 bits per heavy atom. The van der Waals surface area contributed by atoms with E-state index in [0.29, 0.717) is 18.4 Å². The highest BCUT2D eigenvalue weighted by molar-refractivity contribution is 6.18. The van der Waals surface area contributed by atoms with E-state index in [2.05, 4.69) is 9.97 Å². The van der Waals surface area contributed by atoms with Gasteiger partial charge in [-0.3, -0.25) is 4.98 Å². The van der Waals surface area contributed by atoms with Gasteiger partial charge in [-0.25, -0.2) is 4.98 Å². The molecule has 0 radical (unpaired) electrons. The summed E-state index contributed by atoms with van der Waals surface area (Å²) in [7, 11) is 0. The fourth-order valence-electron chi connectivity index (χ4n) is 2.21. The Morgan fingerprint density at radius 1 is 1.05 bits per heavy atom. The molecule has 3 aromatic rings. The van der Waals surface area contributed by atoms with Crippen LogP contribution in [0.15, 0.2) is 54.7 Å². The van der Waals surface area contributed by atoms with Gasteiger partial charge in [0.25, 0.3) is 0 Å². The molecule has 21 heavy (non-hydrogen) atoms. The lowest BCUT2D eigenvalue weighted by molar-refractivity contribution is 0.309. The minimum absolute atomic E-state index is 0.444. The number of hydrogen-bond acceptors (Lipinski definition) is 3. The van der Waals surface area contributed by atoms with Gasteiger partial charge < -0.3 is 4.74 Å². The SMILES string of the molecule is ClCc1cc(OCCc2ccccn2)nc2ccccc12. The summed E-state index contributed by atoms with van der Waals surface area (Å²) in [5.74, 6) is 1.06. The number of pyridine rings is 2. The van der Waals surface area contributed by atoms with Crippen molar-refractivity contribution in [3.8, 4) is 5.88 Å². The molecule has 0 amide bonds. The Kier molecular flexibility index (Phi) is 4.31. The molecule has 0 aliphatic rings. The smallest absolute Gasteiger partial charge is 0.214 e. The van der Waals surface area contributed by atoms with Gasteiger partial charge in [-0.1, -0.05) is 24.3 Å². The van der Waals surface area contributed by atoms with Gasteiger partial charge >= 0.3 is 0 Å². The molecule has 1 aromatic carbocycles. The van der Waals surface area contributed by atoms with Crippen LogP contribution >= 0.6 is 11.6 Å².